The lowest BCUT2D eigenvalue weighted by Gasteiger charge is -2.11. The first-order valence-corrected chi connectivity index (χ1v) is 9.11. The summed E-state index contributed by atoms with van der Waals surface area (Å²) in [4.78, 5) is 12.2. The molecule has 0 aliphatic carbocycles. The van der Waals surface area contributed by atoms with Gasteiger partial charge < -0.3 is 5.32 Å². The third-order valence-corrected chi connectivity index (χ3v) is 5.10. The molecule has 2 aromatic carbocycles. The number of anilines is 1. The topological polar surface area (TPSA) is 75.3 Å². The Hall–Kier alpha value is -2.18. The van der Waals surface area contributed by atoms with Gasteiger partial charge >= 0.3 is 0 Å². The minimum atomic E-state index is -3.73. The molecule has 2 rings (SSSR count). The quantitative estimate of drug-likeness (QED) is 0.874. The van der Waals surface area contributed by atoms with E-state index in [1.165, 1.54) is 0 Å². The van der Waals surface area contributed by atoms with Gasteiger partial charge in [-0.15, -0.1) is 0 Å². The van der Waals surface area contributed by atoms with E-state index in [1.807, 2.05) is 45.0 Å². The lowest BCUT2D eigenvalue weighted by molar-refractivity contribution is -0.115. The summed E-state index contributed by atoms with van der Waals surface area (Å²) in [6.45, 7) is 7.11. The van der Waals surface area contributed by atoms with Crippen LogP contribution >= 0.6 is 0 Å². The van der Waals surface area contributed by atoms with E-state index < -0.39 is 15.9 Å². The fourth-order valence-electron chi connectivity index (χ4n) is 2.49. The molecule has 0 bridgehead atoms. The molecule has 128 valence electrons. The van der Waals surface area contributed by atoms with E-state index in [4.69, 9.17) is 0 Å². The minimum absolute atomic E-state index is 0.196. The predicted molar refractivity (Wildman–Crippen MR) is 95.7 cm³/mol. The highest BCUT2D eigenvalue weighted by Gasteiger charge is 2.18. The zero-order valence-electron chi connectivity index (χ0n) is 14.3. The van der Waals surface area contributed by atoms with Gasteiger partial charge in [0.2, 0.25) is 15.9 Å². The Morgan fingerprint density at radius 2 is 1.54 bits per heavy atom. The summed E-state index contributed by atoms with van der Waals surface area (Å²) in [5, 5.41) is 2.71. The maximum Gasteiger partial charge on any atom is 0.241 e. The predicted octanol–water partition coefficient (Wildman–Crippen LogP) is 2.84. The molecule has 0 aliphatic rings. The molecule has 0 unspecified atom stereocenters. The lowest BCUT2D eigenvalue weighted by Crippen LogP contribution is -2.33. The van der Waals surface area contributed by atoms with Gasteiger partial charge in [-0.3, -0.25) is 4.79 Å². The van der Waals surface area contributed by atoms with E-state index in [2.05, 4.69) is 10.0 Å². The van der Waals surface area contributed by atoms with Crippen molar-refractivity contribution in [2.24, 2.45) is 0 Å². The zero-order chi connectivity index (χ0) is 17.9. The van der Waals surface area contributed by atoms with Crippen LogP contribution in [0.25, 0.3) is 0 Å². The highest BCUT2D eigenvalue weighted by Crippen LogP contribution is 2.17. The highest BCUT2D eigenvalue weighted by atomic mass is 32.2. The van der Waals surface area contributed by atoms with Gasteiger partial charge in [-0.25, -0.2) is 13.1 Å². The number of aryl methyl sites for hydroxylation is 4. The van der Waals surface area contributed by atoms with Crippen molar-refractivity contribution < 1.29 is 13.2 Å². The van der Waals surface area contributed by atoms with Crippen LogP contribution in [0.1, 0.15) is 22.3 Å². The Bertz CT molecular complexity index is 854. The molecule has 0 aromatic heterocycles. The average Bonchev–Trinajstić information content (AvgIpc) is 2.46. The van der Waals surface area contributed by atoms with Crippen LogP contribution < -0.4 is 10.0 Å². The molecule has 5 nitrogen and oxygen atoms in total. The smallest absolute Gasteiger partial charge is 0.241 e. The molecule has 1 amide bonds. The molecule has 0 saturated carbocycles. The molecular weight excluding hydrogens is 324 g/mol. The monoisotopic (exact) mass is 346 g/mol. The number of benzene rings is 2. The number of sulfonamides is 1. The summed E-state index contributed by atoms with van der Waals surface area (Å²) in [5.74, 6) is -0.408. The lowest BCUT2D eigenvalue weighted by atomic mass is 10.1. The van der Waals surface area contributed by atoms with Crippen molar-refractivity contribution in [1.82, 2.24) is 4.72 Å². The van der Waals surface area contributed by atoms with Crippen LogP contribution in [-0.2, 0) is 14.8 Å². The average molecular weight is 346 g/mol. The van der Waals surface area contributed by atoms with Gasteiger partial charge in [0.15, 0.2) is 0 Å². The van der Waals surface area contributed by atoms with E-state index in [1.54, 1.807) is 19.1 Å². The van der Waals surface area contributed by atoms with Gasteiger partial charge in [0.05, 0.1) is 11.4 Å². The van der Waals surface area contributed by atoms with Gasteiger partial charge in [0, 0.05) is 5.69 Å². The maximum atomic E-state index is 12.4. The van der Waals surface area contributed by atoms with Crippen LogP contribution in [-0.4, -0.2) is 20.9 Å². The number of hydrogen-bond donors (Lipinski definition) is 2. The first-order chi connectivity index (χ1) is 11.2. The van der Waals surface area contributed by atoms with E-state index in [-0.39, 0.29) is 11.4 Å². The van der Waals surface area contributed by atoms with Gasteiger partial charge in [0.25, 0.3) is 0 Å². The van der Waals surface area contributed by atoms with E-state index in [9.17, 15) is 13.2 Å². The molecule has 24 heavy (non-hydrogen) atoms. The van der Waals surface area contributed by atoms with Gasteiger partial charge in [-0.1, -0.05) is 18.2 Å². The van der Waals surface area contributed by atoms with Crippen LogP contribution in [0.2, 0.25) is 0 Å². The summed E-state index contributed by atoms with van der Waals surface area (Å²) in [6, 6.07) is 10.9. The molecule has 0 spiro atoms. The Labute approximate surface area is 143 Å². The summed E-state index contributed by atoms with van der Waals surface area (Å²) >= 11 is 0. The third-order valence-electron chi connectivity index (χ3n) is 3.56. The number of carbonyl (C=O) groups excluding carboxylic acids is 1. The van der Waals surface area contributed by atoms with Crippen molar-refractivity contribution in [3.63, 3.8) is 0 Å². The molecule has 0 heterocycles. The van der Waals surface area contributed by atoms with Crippen LogP contribution in [0.15, 0.2) is 41.3 Å². The highest BCUT2D eigenvalue weighted by molar-refractivity contribution is 7.89. The summed E-state index contributed by atoms with van der Waals surface area (Å²) in [7, 11) is -3.73. The first-order valence-electron chi connectivity index (χ1n) is 7.62. The zero-order valence-corrected chi connectivity index (χ0v) is 15.1. The van der Waals surface area contributed by atoms with E-state index >= 15 is 0 Å². The standard InChI is InChI=1S/C18H22N2O3S/c1-12-5-6-15(4)17(10-12)24(22,23)19-11-18(21)20-16-8-13(2)7-14(3)9-16/h5-10,19H,11H2,1-4H3,(H,20,21). The molecule has 0 aliphatic heterocycles. The van der Waals surface area contributed by atoms with Crippen LogP contribution in [0.4, 0.5) is 5.69 Å². The second-order valence-corrected chi connectivity index (χ2v) is 7.75. The van der Waals surface area contributed by atoms with Gasteiger partial charge in [-0.2, -0.15) is 0 Å². The molecule has 0 atom stereocenters. The molecule has 0 radical (unpaired) electrons. The van der Waals surface area contributed by atoms with Crippen molar-refractivity contribution >= 4 is 21.6 Å². The number of hydrogen-bond acceptors (Lipinski definition) is 3. The Balaban J connectivity index is 2.06. The van der Waals surface area contributed by atoms with Crippen molar-refractivity contribution in [2.45, 2.75) is 32.6 Å². The van der Waals surface area contributed by atoms with Gasteiger partial charge in [0.1, 0.15) is 0 Å². The van der Waals surface area contributed by atoms with Crippen molar-refractivity contribution in [3.8, 4) is 0 Å². The Kier molecular flexibility index (Phi) is 5.41. The molecule has 2 N–H and O–H groups in total. The van der Waals surface area contributed by atoms with E-state index in [0.29, 0.717) is 11.3 Å². The first kappa shape index (κ1) is 18.2. The maximum absolute atomic E-state index is 12.4. The van der Waals surface area contributed by atoms with Crippen molar-refractivity contribution in [2.75, 3.05) is 11.9 Å². The van der Waals surface area contributed by atoms with Crippen LogP contribution in [0, 0.1) is 27.7 Å². The summed E-state index contributed by atoms with van der Waals surface area (Å²) in [6.07, 6.45) is 0. The van der Waals surface area contributed by atoms with Crippen LogP contribution in [0.5, 0.6) is 0 Å². The molecule has 2 aromatic rings. The molecule has 0 saturated heterocycles. The molecule has 6 heteroatoms. The second-order valence-electron chi connectivity index (χ2n) is 6.02. The summed E-state index contributed by atoms with van der Waals surface area (Å²) in [5.41, 5.74) is 4.20. The SMILES string of the molecule is Cc1cc(C)cc(NC(=O)CNS(=O)(=O)c2cc(C)ccc2C)c1. The Morgan fingerprint density at radius 3 is 2.17 bits per heavy atom. The fourth-order valence-corrected chi connectivity index (χ4v) is 3.80. The van der Waals surface area contributed by atoms with Gasteiger partial charge in [-0.05, 0) is 68.1 Å². The Morgan fingerprint density at radius 1 is 0.917 bits per heavy atom. The van der Waals surface area contributed by atoms with Crippen LogP contribution in [0.3, 0.4) is 0 Å². The number of amides is 1. The number of rotatable bonds is 5. The van der Waals surface area contributed by atoms with Crippen molar-refractivity contribution in [3.05, 3.63) is 58.7 Å². The van der Waals surface area contributed by atoms with Crippen molar-refractivity contribution in [1.29, 1.82) is 0 Å². The fraction of sp³-hybridized carbons (Fsp3) is 0.278. The largest absolute Gasteiger partial charge is 0.325 e. The summed E-state index contributed by atoms with van der Waals surface area (Å²) < 4.78 is 27.1. The van der Waals surface area contributed by atoms with E-state index in [0.717, 1.165) is 16.7 Å². The molecule has 0 fully saturated rings. The molecular formula is C18H22N2O3S. The number of carbonyl (C=O) groups is 1. The minimum Gasteiger partial charge on any atom is -0.325 e. The number of nitrogens with one attached hydrogen (secondary N) is 2. The second kappa shape index (κ2) is 7.15. The normalized spacial score (nSPS) is 11.3. The third kappa shape index (κ3) is 4.66.